The topological polar surface area (TPSA) is 26.3 Å². The average molecular weight is 272 g/mol. The molecule has 0 amide bonds. The van der Waals surface area contributed by atoms with Gasteiger partial charge in [-0.3, -0.25) is 0 Å². The Morgan fingerprint density at radius 2 is 1.84 bits per heavy atom. The van der Waals surface area contributed by atoms with E-state index >= 15 is 0 Å². The number of hydrogen-bond acceptors (Lipinski definition) is 3. The molecule has 0 fully saturated rings. The second-order valence-corrected chi connectivity index (χ2v) is 6.98. The lowest BCUT2D eigenvalue weighted by Crippen LogP contribution is -2.32. The van der Waals surface area contributed by atoms with Crippen LogP contribution in [0, 0.1) is 5.41 Å². The molecule has 0 spiro atoms. The standard InChI is InChI=1S/C16H16O2S/c1-16(2,3)15-18-14(17)13-11-7-5-4-6-10(11)8-9-12(13)19-15/h4-9,15H,1-3H3. The number of carbonyl (C=O) groups is 1. The monoisotopic (exact) mass is 272 g/mol. The number of thioether (sulfide) groups is 1. The maximum absolute atomic E-state index is 12.3. The van der Waals surface area contributed by atoms with E-state index in [2.05, 4.69) is 26.8 Å². The van der Waals surface area contributed by atoms with Crippen molar-refractivity contribution in [3.63, 3.8) is 0 Å². The molecule has 3 heteroatoms. The summed E-state index contributed by atoms with van der Waals surface area (Å²) in [5.41, 5.74) is 0.515. The molecule has 0 radical (unpaired) electrons. The van der Waals surface area contributed by atoms with Crippen LogP contribution in [0.15, 0.2) is 41.3 Å². The fourth-order valence-corrected chi connectivity index (χ4v) is 3.39. The quantitative estimate of drug-likeness (QED) is 0.662. The number of ether oxygens (including phenoxy) is 1. The SMILES string of the molecule is CC(C)(C)C1OC(=O)c2c(ccc3ccccc23)S1. The molecule has 2 aromatic rings. The summed E-state index contributed by atoms with van der Waals surface area (Å²) in [5, 5.41) is 2.05. The molecule has 2 aromatic carbocycles. The van der Waals surface area contributed by atoms with Crippen molar-refractivity contribution in [2.24, 2.45) is 5.41 Å². The highest BCUT2D eigenvalue weighted by molar-refractivity contribution is 8.00. The van der Waals surface area contributed by atoms with E-state index in [-0.39, 0.29) is 16.8 Å². The van der Waals surface area contributed by atoms with Crippen molar-refractivity contribution in [2.75, 3.05) is 0 Å². The van der Waals surface area contributed by atoms with Crippen molar-refractivity contribution in [1.82, 2.24) is 0 Å². The molecule has 0 aliphatic carbocycles. The van der Waals surface area contributed by atoms with Crippen LogP contribution in [0.5, 0.6) is 0 Å². The van der Waals surface area contributed by atoms with Gasteiger partial charge in [0.25, 0.3) is 0 Å². The zero-order chi connectivity index (χ0) is 13.6. The van der Waals surface area contributed by atoms with Crippen molar-refractivity contribution < 1.29 is 9.53 Å². The summed E-state index contributed by atoms with van der Waals surface area (Å²) in [7, 11) is 0. The summed E-state index contributed by atoms with van der Waals surface area (Å²) in [6, 6.07) is 12.0. The van der Waals surface area contributed by atoms with Crippen LogP contribution in [0.2, 0.25) is 0 Å². The summed E-state index contributed by atoms with van der Waals surface area (Å²) >= 11 is 1.64. The van der Waals surface area contributed by atoms with E-state index in [9.17, 15) is 4.79 Å². The van der Waals surface area contributed by atoms with E-state index in [4.69, 9.17) is 4.74 Å². The van der Waals surface area contributed by atoms with Gasteiger partial charge in [0.2, 0.25) is 0 Å². The molecule has 0 aromatic heterocycles. The number of rotatable bonds is 0. The molecule has 3 rings (SSSR count). The molecule has 98 valence electrons. The van der Waals surface area contributed by atoms with Crippen molar-refractivity contribution in [2.45, 2.75) is 31.1 Å². The van der Waals surface area contributed by atoms with E-state index in [1.54, 1.807) is 11.8 Å². The maximum atomic E-state index is 12.3. The van der Waals surface area contributed by atoms with Gasteiger partial charge in [0.1, 0.15) is 0 Å². The van der Waals surface area contributed by atoms with E-state index in [1.165, 1.54) is 0 Å². The first kappa shape index (κ1) is 12.5. The van der Waals surface area contributed by atoms with Crippen LogP contribution in [-0.2, 0) is 4.74 Å². The number of carbonyl (C=O) groups excluding carboxylic acids is 1. The van der Waals surface area contributed by atoms with E-state index < -0.39 is 0 Å². The van der Waals surface area contributed by atoms with Crippen LogP contribution in [0.1, 0.15) is 31.1 Å². The smallest absolute Gasteiger partial charge is 0.341 e. The van der Waals surface area contributed by atoms with Crippen LogP contribution < -0.4 is 0 Å². The summed E-state index contributed by atoms with van der Waals surface area (Å²) < 4.78 is 5.61. The molecule has 0 bridgehead atoms. The van der Waals surface area contributed by atoms with Crippen LogP contribution in [-0.4, -0.2) is 11.4 Å². The Labute approximate surface area is 117 Å². The minimum Gasteiger partial charge on any atom is -0.447 e. The third kappa shape index (κ3) is 2.12. The van der Waals surface area contributed by atoms with Crippen LogP contribution in [0.3, 0.4) is 0 Å². The molecule has 1 atom stereocenters. The second kappa shape index (κ2) is 4.27. The Morgan fingerprint density at radius 1 is 1.11 bits per heavy atom. The Bertz CT molecular complexity index is 655. The van der Waals surface area contributed by atoms with Gasteiger partial charge in [0, 0.05) is 10.3 Å². The maximum Gasteiger partial charge on any atom is 0.341 e. The highest BCUT2D eigenvalue weighted by Gasteiger charge is 2.35. The van der Waals surface area contributed by atoms with E-state index in [1.807, 2.05) is 30.3 Å². The molecule has 0 saturated carbocycles. The van der Waals surface area contributed by atoms with E-state index in [0.29, 0.717) is 5.56 Å². The number of cyclic esters (lactones) is 1. The van der Waals surface area contributed by atoms with Crippen LogP contribution >= 0.6 is 11.8 Å². The Balaban J connectivity index is 2.16. The van der Waals surface area contributed by atoms with Crippen LogP contribution in [0.25, 0.3) is 10.8 Å². The van der Waals surface area contributed by atoms with Gasteiger partial charge in [-0.25, -0.2) is 4.79 Å². The van der Waals surface area contributed by atoms with Gasteiger partial charge in [-0.2, -0.15) is 0 Å². The molecule has 2 nitrogen and oxygen atoms in total. The Morgan fingerprint density at radius 3 is 2.58 bits per heavy atom. The fraction of sp³-hybridized carbons (Fsp3) is 0.312. The van der Waals surface area contributed by atoms with Gasteiger partial charge >= 0.3 is 5.97 Å². The number of esters is 1. The first-order valence-corrected chi connectivity index (χ1v) is 7.24. The molecule has 19 heavy (non-hydrogen) atoms. The summed E-state index contributed by atoms with van der Waals surface area (Å²) in [5.74, 6) is -0.203. The molecule has 0 saturated heterocycles. The molecule has 1 heterocycles. The van der Waals surface area contributed by atoms with Crippen molar-refractivity contribution in [3.05, 3.63) is 42.0 Å². The molecule has 1 aliphatic rings. The zero-order valence-electron chi connectivity index (χ0n) is 11.3. The summed E-state index contributed by atoms with van der Waals surface area (Å²) in [4.78, 5) is 13.3. The highest BCUT2D eigenvalue weighted by atomic mass is 32.2. The summed E-state index contributed by atoms with van der Waals surface area (Å²) in [6.45, 7) is 6.26. The molecule has 1 aliphatic heterocycles. The number of benzene rings is 2. The Hall–Kier alpha value is -1.48. The lowest BCUT2D eigenvalue weighted by atomic mass is 9.97. The molecule has 1 unspecified atom stereocenters. The third-order valence-corrected chi connectivity index (χ3v) is 4.86. The lowest BCUT2D eigenvalue weighted by Gasteiger charge is -2.33. The van der Waals surface area contributed by atoms with Crippen LogP contribution in [0.4, 0.5) is 0 Å². The van der Waals surface area contributed by atoms with Crippen molar-refractivity contribution >= 4 is 28.5 Å². The van der Waals surface area contributed by atoms with Gasteiger partial charge in [0.15, 0.2) is 5.44 Å². The molecular weight excluding hydrogens is 256 g/mol. The first-order valence-electron chi connectivity index (χ1n) is 6.36. The molecular formula is C16H16O2S. The second-order valence-electron chi connectivity index (χ2n) is 5.88. The minimum atomic E-state index is -0.203. The average Bonchev–Trinajstić information content (AvgIpc) is 2.37. The predicted octanol–water partition coefficient (Wildman–Crippen LogP) is 4.47. The van der Waals surface area contributed by atoms with Gasteiger partial charge < -0.3 is 4.74 Å². The summed E-state index contributed by atoms with van der Waals surface area (Å²) in [6.07, 6.45) is 0. The van der Waals surface area contributed by atoms with Crippen molar-refractivity contribution in [1.29, 1.82) is 0 Å². The predicted molar refractivity (Wildman–Crippen MR) is 78.5 cm³/mol. The largest absolute Gasteiger partial charge is 0.447 e. The number of hydrogen-bond donors (Lipinski definition) is 0. The third-order valence-electron chi connectivity index (χ3n) is 3.25. The zero-order valence-corrected chi connectivity index (χ0v) is 12.1. The lowest BCUT2D eigenvalue weighted by molar-refractivity contribution is 0.0254. The molecule has 0 N–H and O–H groups in total. The van der Waals surface area contributed by atoms with Gasteiger partial charge in [-0.05, 0) is 16.8 Å². The van der Waals surface area contributed by atoms with Gasteiger partial charge in [-0.1, -0.05) is 62.9 Å². The fourth-order valence-electron chi connectivity index (χ4n) is 2.21. The number of fused-ring (bicyclic) bond motifs is 3. The van der Waals surface area contributed by atoms with Gasteiger partial charge in [-0.15, -0.1) is 0 Å². The minimum absolute atomic E-state index is 0.0658. The van der Waals surface area contributed by atoms with Crippen molar-refractivity contribution in [3.8, 4) is 0 Å². The highest BCUT2D eigenvalue weighted by Crippen LogP contribution is 2.43. The first-order chi connectivity index (χ1) is 8.97. The van der Waals surface area contributed by atoms with Gasteiger partial charge in [0.05, 0.1) is 5.56 Å². The normalized spacial score (nSPS) is 19.1. The Kier molecular flexibility index (Phi) is 2.82. The van der Waals surface area contributed by atoms with E-state index in [0.717, 1.165) is 15.7 Å².